The molecule has 4 rings (SSSR count). The third-order valence-corrected chi connectivity index (χ3v) is 6.06. The number of rotatable bonds is 6. The van der Waals surface area contributed by atoms with E-state index in [-0.39, 0.29) is 29.1 Å². The minimum Gasteiger partial charge on any atom is -0.485 e. The average molecular weight is 512 g/mol. The zero-order chi connectivity index (χ0) is 26.2. The van der Waals surface area contributed by atoms with Crippen molar-refractivity contribution in [3.8, 4) is 5.75 Å². The van der Waals surface area contributed by atoms with E-state index >= 15 is 0 Å². The van der Waals surface area contributed by atoms with Crippen molar-refractivity contribution >= 4 is 17.3 Å². The van der Waals surface area contributed by atoms with Crippen LogP contribution in [-0.2, 0) is 12.2 Å². The number of halogens is 2. The summed E-state index contributed by atoms with van der Waals surface area (Å²) in [4.78, 5) is 26.0. The molecular weight excluding hydrogens is 485 g/mol. The molecule has 1 atom stereocenters. The second-order valence-corrected chi connectivity index (χ2v) is 9.60. The summed E-state index contributed by atoms with van der Waals surface area (Å²) in [5, 5.41) is 13.4. The number of aryl methyl sites for hydroxylation is 2. The van der Waals surface area contributed by atoms with Gasteiger partial charge in [0.15, 0.2) is 5.82 Å². The smallest absolute Gasteiger partial charge is 0.277 e. The van der Waals surface area contributed by atoms with Gasteiger partial charge in [0, 0.05) is 30.4 Å². The lowest BCUT2D eigenvalue weighted by Gasteiger charge is -2.25. The van der Waals surface area contributed by atoms with Gasteiger partial charge in [-0.1, -0.05) is 11.6 Å². The normalized spacial score (nSPS) is 15.7. The molecule has 3 aromatic heterocycles. The Balaban J connectivity index is 1.67. The van der Waals surface area contributed by atoms with Gasteiger partial charge in [0.05, 0.1) is 17.4 Å². The number of hydrogen-bond acceptors (Lipinski definition) is 7. The summed E-state index contributed by atoms with van der Waals surface area (Å²) in [5.41, 5.74) is 1.80. The Morgan fingerprint density at radius 2 is 2.00 bits per heavy atom. The molecule has 2 N–H and O–H groups in total. The highest BCUT2D eigenvalue weighted by Crippen LogP contribution is 2.30. The van der Waals surface area contributed by atoms with Crippen molar-refractivity contribution < 1.29 is 14.2 Å². The van der Waals surface area contributed by atoms with Crippen molar-refractivity contribution in [2.75, 3.05) is 0 Å². The highest BCUT2D eigenvalue weighted by Gasteiger charge is 2.24. The number of ether oxygens (including phenoxy) is 1. The highest BCUT2D eigenvalue weighted by atomic mass is 35.5. The summed E-state index contributed by atoms with van der Waals surface area (Å²) in [5.74, 6) is -0.0451. The summed E-state index contributed by atoms with van der Waals surface area (Å²) >= 11 is 6.41. The van der Waals surface area contributed by atoms with Gasteiger partial charge in [-0.3, -0.25) is 14.3 Å². The predicted octanol–water partition coefficient (Wildman–Crippen LogP) is 4.34. The van der Waals surface area contributed by atoms with E-state index in [1.807, 2.05) is 13.0 Å². The number of hydrogen-bond donors (Lipinski definition) is 2. The summed E-state index contributed by atoms with van der Waals surface area (Å²) in [6.45, 7) is 8.44. The van der Waals surface area contributed by atoms with E-state index in [1.54, 1.807) is 58.4 Å². The molecule has 3 aromatic rings. The van der Waals surface area contributed by atoms with Gasteiger partial charge in [-0.25, -0.2) is 14.4 Å². The molecular formula is C26H27ClFN5O3. The summed E-state index contributed by atoms with van der Waals surface area (Å²) in [6, 6.07) is 4.38. The first-order chi connectivity index (χ1) is 17.0. The summed E-state index contributed by atoms with van der Waals surface area (Å²) in [6.07, 6.45) is 6.79. The Bertz CT molecular complexity index is 1440. The lowest BCUT2D eigenvalue weighted by Crippen LogP contribution is -2.28. The van der Waals surface area contributed by atoms with Crippen LogP contribution in [0.3, 0.4) is 0 Å². The maximum atomic E-state index is 14.1. The molecule has 0 saturated heterocycles. The molecule has 8 nitrogen and oxygen atoms in total. The minimum absolute atomic E-state index is 0.122. The average Bonchev–Trinajstić information content (AvgIpc) is 2.82. The Morgan fingerprint density at radius 3 is 2.69 bits per heavy atom. The Labute approximate surface area is 213 Å². The fraction of sp³-hybridized carbons (Fsp3) is 0.308. The van der Waals surface area contributed by atoms with Crippen LogP contribution in [0.2, 0.25) is 5.02 Å². The fourth-order valence-electron chi connectivity index (χ4n) is 3.79. The van der Waals surface area contributed by atoms with Crippen molar-refractivity contribution in [3.63, 3.8) is 0 Å². The van der Waals surface area contributed by atoms with Gasteiger partial charge in [0.1, 0.15) is 34.5 Å². The fourth-order valence-corrected chi connectivity index (χ4v) is 3.98. The number of aliphatic hydroxyl groups is 1. The first-order valence-electron chi connectivity index (χ1n) is 11.3. The van der Waals surface area contributed by atoms with E-state index in [2.05, 4.69) is 20.3 Å². The monoisotopic (exact) mass is 511 g/mol. The van der Waals surface area contributed by atoms with Crippen LogP contribution in [0.1, 0.15) is 55.3 Å². The van der Waals surface area contributed by atoms with E-state index in [4.69, 9.17) is 16.3 Å². The molecule has 0 aromatic carbocycles. The second-order valence-electron chi connectivity index (χ2n) is 9.22. The number of pyridine rings is 2. The molecule has 188 valence electrons. The van der Waals surface area contributed by atoms with Crippen LogP contribution in [-0.4, -0.2) is 24.6 Å². The van der Waals surface area contributed by atoms with Gasteiger partial charge in [-0.15, -0.1) is 0 Å². The lowest BCUT2D eigenvalue weighted by molar-refractivity contribution is 0.0683. The van der Waals surface area contributed by atoms with Crippen LogP contribution in [0.4, 0.5) is 4.39 Å². The summed E-state index contributed by atoms with van der Waals surface area (Å²) < 4.78 is 21.3. The number of aromatic nitrogens is 4. The van der Waals surface area contributed by atoms with Crippen LogP contribution >= 0.6 is 11.6 Å². The molecule has 0 amide bonds. The predicted molar refractivity (Wildman–Crippen MR) is 135 cm³/mol. The van der Waals surface area contributed by atoms with Crippen LogP contribution in [0.15, 0.2) is 53.2 Å². The van der Waals surface area contributed by atoms with Crippen molar-refractivity contribution in [1.29, 1.82) is 0 Å². The first-order valence-corrected chi connectivity index (χ1v) is 11.7. The van der Waals surface area contributed by atoms with E-state index in [9.17, 15) is 14.3 Å². The Morgan fingerprint density at radius 1 is 1.25 bits per heavy atom. The molecule has 0 radical (unpaired) electrons. The van der Waals surface area contributed by atoms with Crippen molar-refractivity contribution in [2.45, 2.75) is 52.9 Å². The maximum absolute atomic E-state index is 14.1. The molecule has 0 saturated carbocycles. The van der Waals surface area contributed by atoms with Crippen LogP contribution in [0, 0.1) is 19.7 Å². The quantitative estimate of drug-likeness (QED) is 0.507. The molecule has 1 unspecified atom stereocenters. The van der Waals surface area contributed by atoms with Gasteiger partial charge in [-0.2, -0.15) is 0 Å². The minimum atomic E-state index is -1.20. The molecule has 0 fully saturated rings. The first kappa shape index (κ1) is 25.5. The molecule has 0 bridgehead atoms. The molecule has 4 heterocycles. The van der Waals surface area contributed by atoms with Crippen LogP contribution < -0.4 is 15.6 Å². The van der Waals surface area contributed by atoms with Gasteiger partial charge >= 0.3 is 0 Å². The zero-order valence-electron chi connectivity index (χ0n) is 20.6. The van der Waals surface area contributed by atoms with Gasteiger partial charge in [-0.05, 0) is 64.0 Å². The topological polar surface area (TPSA) is 102 Å². The zero-order valence-corrected chi connectivity index (χ0v) is 21.4. The van der Waals surface area contributed by atoms with Crippen molar-refractivity contribution in [2.24, 2.45) is 0 Å². The van der Waals surface area contributed by atoms with Gasteiger partial charge < -0.3 is 15.2 Å². The molecule has 1 aliphatic heterocycles. The van der Waals surface area contributed by atoms with E-state index in [0.717, 1.165) is 5.57 Å². The molecule has 36 heavy (non-hydrogen) atoms. The number of dihydropyridines is 1. The molecule has 0 spiro atoms. The van der Waals surface area contributed by atoms with Crippen LogP contribution in [0.25, 0.3) is 5.70 Å². The molecule has 10 heteroatoms. The van der Waals surface area contributed by atoms with Gasteiger partial charge in [0.25, 0.3) is 5.56 Å². The Kier molecular flexibility index (Phi) is 6.97. The molecule has 1 aliphatic rings. The number of nitrogens with one attached hydrogen (secondary N) is 1. The van der Waals surface area contributed by atoms with E-state index in [1.165, 1.54) is 10.6 Å². The third kappa shape index (κ3) is 5.17. The SMILES string of the molecule is CC1=CNC(c2ccnc(C(C)(C)O)n2)C=C1n1c(C)cc(OCc2ncc(C)cc2F)c(Cl)c1=O. The van der Waals surface area contributed by atoms with Crippen molar-refractivity contribution in [1.82, 2.24) is 24.8 Å². The Hall–Kier alpha value is -3.56. The maximum Gasteiger partial charge on any atom is 0.277 e. The van der Waals surface area contributed by atoms with E-state index in [0.29, 0.717) is 28.5 Å². The number of nitrogens with zero attached hydrogens (tertiary/aromatic N) is 4. The lowest BCUT2D eigenvalue weighted by atomic mass is 10.0. The van der Waals surface area contributed by atoms with E-state index < -0.39 is 17.0 Å². The largest absolute Gasteiger partial charge is 0.485 e. The second kappa shape index (κ2) is 9.83. The molecule has 0 aliphatic carbocycles. The van der Waals surface area contributed by atoms with Crippen molar-refractivity contribution in [3.05, 3.63) is 98.1 Å². The number of allylic oxidation sites excluding steroid dienone is 2. The summed E-state index contributed by atoms with van der Waals surface area (Å²) in [7, 11) is 0. The van der Waals surface area contributed by atoms with Crippen LogP contribution in [0.5, 0.6) is 5.75 Å². The van der Waals surface area contributed by atoms with Gasteiger partial charge in [0.2, 0.25) is 0 Å². The highest BCUT2D eigenvalue weighted by molar-refractivity contribution is 6.31. The standard InChI is InChI=1S/C26H27ClFN5O3/c1-14-8-17(28)20(30-11-14)13-36-22-9-16(3)33(24(34)23(22)27)21-10-19(31-12-15(21)2)18-6-7-29-25(32-18)26(4,5)35/h6-12,19,31,35H,13H2,1-5H3. The third-order valence-electron chi connectivity index (χ3n) is 5.71.